The van der Waals surface area contributed by atoms with Crippen LogP contribution in [0.1, 0.15) is 10.6 Å². The molecule has 2 unspecified atom stereocenters. The van der Waals surface area contributed by atoms with Crippen molar-refractivity contribution in [1.82, 2.24) is 15.4 Å². The standard InChI is InChI=1S/C10H12BrN3O2/c11-9-1-8(16-13-9)10(15)14-4-6-2-12-3-7(6)5-14/h1,6-7,12H,2-5H2. The molecule has 2 fully saturated rings. The van der Waals surface area contributed by atoms with E-state index in [0.717, 1.165) is 26.2 Å². The van der Waals surface area contributed by atoms with E-state index in [0.29, 0.717) is 22.2 Å². The fourth-order valence-electron chi connectivity index (χ4n) is 2.53. The van der Waals surface area contributed by atoms with Gasteiger partial charge in [-0.15, -0.1) is 0 Å². The van der Waals surface area contributed by atoms with Gasteiger partial charge in [0.2, 0.25) is 5.76 Å². The molecule has 5 nitrogen and oxygen atoms in total. The molecule has 0 spiro atoms. The van der Waals surface area contributed by atoms with Gasteiger partial charge in [0.15, 0.2) is 0 Å². The minimum atomic E-state index is -0.0485. The van der Waals surface area contributed by atoms with Crippen LogP contribution in [0.4, 0.5) is 0 Å². The summed E-state index contributed by atoms with van der Waals surface area (Å²) in [5.41, 5.74) is 0. The number of nitrogens with one attached hydrogen (secondary N) is 1. The second-order valence-electron chi connectivity index (χ2n) is 4.40. The first-order valence-electron chi connectivity index (χ1n) is 5.36. The summed E-state index contributed by atoms with van der Waals surface area (Å²) in [5, 5.41) is 7.01. The quantitative estimate of drug-likeness (QED) is 0.827. The average Bonchev–Trinajstić information content (AvgIpc) is 2.89. The van der Waals surface area contributed by atoms with Gasteiger partial charge in [-0.1, -0.05) is 5.16 Å². The van der Waals surface area contributed by atoms with E-state index in [1.165, 1.54) is 0 Å². The molecule has 2 saturated heterocycles. The zero-order chi connectivity index (χ0) is 11.1. The zero-order valence-corrected chi connectivity index (χ0v) is 10.2. The molecule has 2 aliphatic heterocycles. The van der Waals surface area contributed by atoms with Gasteiger partial charge >= 0.3 is 0 Å². The van der Waals surface area contributed by atoms with E-state index in [4.69, 9.17) is 4.52 Å². The first-order chi connectivity index (χ1) is 7.74. The molecule has 16 heavy (non-hydrogen) atoms. The molecule has 1 amide bonds. The summed E-state index contributed by atoms with van der Waals surface area (Å²) in [6, 6.07) is 1.62. The Hall–Kier alpha value is -0.880. The minimum Gasteiger partial charge on any atom is -0.350 e. The second-order valence-corrected chi connectivity index (χ2v) is 5.21. The third kappa shape index (κ3) is 1.66. The molecule has 0 bridgehead atoms. The lowest BCUT2D eigenvalue weighted by Crippen LogP contribution is -2.31. The number of carbonyl (C=O) groups excluding carboxylic acids is 1. The van der Waals surface area contributed by atoms with Crippen molar-refractivity contribution in [2.24, 2.45) is 11.8 Å². The second kappa shape index (κ2) is 3.85. The van der Waals surface area contributed by atoms with Gasteiger partial charge in [-0.05, 0) is 27.8 Å². The Balaban J connectivity index is 1.73. The lowest BCUT2D eigenvalue weighted by Gasteiger charge is -2.15. The van der Waals surface area contributed by atoms with Crippen molar-refractivity contribution in [3.05, 3.63) is 16.4 Å². The van der Waals surface area contributed by atoms with Crippen molar-refractivity contribution in [3.8, 4) is 0 Å². The van der Waals surface area contributed by atoms with Crippen LogP contribution in [0.5, 0.6) is 0 Å². The van der Waals surface area contributed by atoms with E-state index in [1.54, 1.807) is 6.07 Å². The summed E-state index contributed by atoms with van der Waals surface area (Å²) in [4.78, 5) is 13.9. The first-order valence-corrected chi connectivity index (χ1v) is 6.15. The maximum absolute atomic E-state index is 12.0. The molecule has 3 heterocycles. The normalized spacial score (nSPS) is 28.4. The molecule has 1 N–H and O–H groups in total. The maximum Gasteiger partial charge on any atom is 0.292 e. The van der Waals surface area contributed by atoms with Crippen LogP contribution in [0.15, 0.2) is 15.2 Å². The molecule has 2 atom stereocenters. The number of amides is 1. The molecule has 1 aromatic heterocycles. The Morgan fingerprint density at radius 3 is 2.75 bits per heavy atom. The third-order valence-corrected chi connectivity index (χ3v) is 3.74. The fourth-order valence-corrected chi connectivity index (χ4v) is 2.81. The van der Waals surface area contributed by atoms with Crippen LogP contribution in [-0.4, -0.2) is 42.1 Å². The molecular formula is C10H12BrN3O2. The minimum absolute atomic E-state index is 0.0485. The highest BCUT2D eigenvalue weighted by Crippen LogP contribution is 2.27. The van der Waals surface area contributed by atoms with E-state index in [2.05, 4.69) is 26.4 Å². The van der Waals surface area contributed by atoms with Crippen molar-refractivity contribution in [2.45, 2.75) is 0 Å². The third-order valence-electron chi connectivity index (χ3n) is 3.37. The van der Waals surface area contributed by atoms with E-state index in [-0.39, 0.29) is 5.91 Å². The summed E-state index contributed by atoms with van der Waals surface area (Å²) < 4.78 is 5.52. The molecule has 3 rings (SSSR count). The van der Waals surface area contributed by atoms with Crippen molar-refractivity contribution in [1.29, 1.82) is 0 Å². The smallest absolute Gasteiger partial charge is 0.292 e. The van der Waals surface area contributed by atoms with E-state index >= 15 is 0 Å². The van der Waals surface area contributed by atoms with Gasteiger partial charge in [0.25, 0.3) is 5.91 Å². The van der Waals surface area contributed by atoms with Gasteiger partial charge in [0.1, 0.15) is 4.60 Å². The highest BCUT2D eigenvalue weighted by Gasteiger charge is 2.39. The monoisotopic (exact) mass is 285 g/mol. The predicted octanol–water partition coefficient (Wildman–Crippen LogP) is 0.728. The fraction of sp³-hybridized carbons (Fsp3) is 0.600. The zero-order valence-electron chi connectivity index (χ0n) is 8.65. The molecule has 6 heteroatoms. The summed E-state index contributed by atoms with van der Waals surface area (Å²) in [7, 11) is 0. The highest BCUT2D eigenvalue weighted by molar-refractivity contribution is 9.10. The van der Waals surface area contributed by atoms with Gasteiger partial charge in [0, 0.05) is 32.2 Å². The van der Waals surface area contributed by atoms with Crippen molar-refractivity contribution in [2.75, 3.05) is 26.2 Å². The highest BCUT2D eigenvalue weighted by atomic mass is 79.9. The van der Waals surface area contributed by atoms with Gasteiger partial charge < -0.3 is 14.7 Å². The molecule has 0 aromatic carbocycles. The topological polar surface area (TPSA) is 58.4 Å². The van der Waals surface area contributed by atoms with Crippen LogP contribution in [0.2, 0.25) is 0 Å². The number of halogens is 1. The molecular weight excluding hydrogens is 274 g/mol. The Labute approximate surface area is 101 Å². The van der Waals surface area contributed by atoms with Crippen molar-refractivity contribution >= 4 is 21.8 Å². The van der Waals surface area contributed by atoms with Gasteiger partial charge in [-0.2, -0.15) is 0 Å². The summed E-state index contributed by atoms with van der Waals surface area (Å²) in [6.45, 7) is 3.70. The molecule has 0 radical (unpaired) electrons. The number of hydrogen-bond acceptors (Lipinski definition) is 4. The number of rotatable bonds is 1. The molecule has 2 aliphatic rings. The Morgan fingerprint density at radius 1 is 1.50 bits per heavy atom. The Bertz CT molecular complexity index is 408. The van der Waals surface area contributed by atoms with Crippen LogP contribution in [0.25, 0.3) is 0 Å². The van der Waals surface area contributed by atoms with E-state index in [1.807, 2.05) is 4.90 Å². The summed E-state index contributed by atoms with van der Waals surface area (Å²) >= 11 is 3.17. The maximum atomic E-state index is 12.0. The number of fused-ring (bicyclic) bond motifs is 1. The van der Waals surface area contributed by atoms with Crippen LogP contribution < -0.4 is 5.32 Å². The van der Waals surface area contributed by atoms with Crippen LogP contribution in [-0.2, 0) is 0 Å². The first kappa shape index (κ1) is 10.3. The summed E-state index contributed by atoms with van der Waals surface area (Å²) in [6.07, 6.45) is 0. The number of carbonyl (C=O) groups is 1. The van der Waals surface area contributed by atoms with Gasteiger partial charge in [-0.25, -0.2) is 0 Å². The molecule has 0 saturated carbocycles. The number of likely N-dealkylation sites (tertiary alicyclic amines) is 1. The van der Waals surface area contributed by atoms with Gasteiger partial charge in [0.05, 0.1) is 0 Å². The van der Waals surface area contributed by atoms with Crippen LogP contribution >= 0.6 is 15.9 Å². The SMILES string of the molecule is O=C(c1cc(Br)no1)N1CC2CNCC2C1. The predicted molar refractivity (Wildman–Crippen MR) is 60.0 cm³/mol. The summed E-state index contributed by atoms with van der Waals surface area (Å²) in [5.74, 6) is 1.48. The van der Waals surface area contributed by atoms with Crippen molar-refractivity contribution in [3.63, 3.8) is 0 Å². The van der Waals surface area contributed by atoms with Crippen LogP contribution in [0.3, 0.4) is 0 Å². The number of nitrogens with zero attached hydrogens (tertiary/aromatic N) is 2. The Kier molecular flexibility index (Phi) is 2.48. The lowest BCUT2D eigenvalue weighted by molar-refractivity contribution is 0.0740. The molecule has 1 aromatic rings. The number of aromatic nitrogens is 1. The average molecular weight is 286 g/mol. The number of hydrogen-bond donors (Lipinski definition) is 1. The van der Waals surface area contributed by atoms with Gasteiger partial charge in [-0.3, -0.25) is 4.79 Å². The molecule has 0 aliphatic carbocycles. The van der Waals surface area contributed by atoms with Crippen molar-refractivity contribution < 1.29 is 9.32 Å². The van der Waals surface area contributed by atoms with E-state index in [9.17, 15) is 4.79 Å². The molecule has 86 valence electrons. The van der Waals surface area contributed by atoms with Crippen LogP contribution in [0, 0.1) is 11.8 Å². The Morgan fingerprint density at radius 2 is 2.19 bits per heavy atom. The largest absolute Gasteiger partial charge is 0.350 e. The van der Waals surface area contributed by atoms with E-state index < -0.39 is 0 Å². The lowest BCUT2D eigenvalue weighted by atomic mass is 10.0.